The zero-order chi connectivity index (χ0) is 13.8. The number of hydrogen-bond donors (Lipinski definition) is 1. The number of aryl methyl sites for hydroxylation is 1. The van der Waals surface area contributed by atoms with E-state index in [1.807, 2.05) is 19.1 Å². The fraction of sp³-hybridized carbons (Fsp3) is 0.538. The molecule has 104 valence electrons. The second-order valence-electron chi connectivity index (χ2n) is 4.39. The molecule has 1 aliphatic heterocycles. The molecule has 2 amide bonds. The van der Waals surface area contributed by atoms with Gasteiger partial charge in [0.2, 0.25) is 11.8 Å². The molecule has 0 radical (unpaired) electrons. The predicted octanol–water partition coefficient (Wildman–Crippen LogP) is 1.55. The highest BCUT2D eigenvalue weighted by Crippen LogP contribution is 2.38. The topological polar surface area (TPSA) is 62.6 Å². The fourth-order valence-electron chi connectivity index (χ4n) is 2.00. The Hall–Kier alpha value is -1.43. The summed E-state index contributed by atoms with van der Waals surface area (Å²) in [5.41, 5.74) is 0. The van der Waals surface area contributed by atoms with Gasteiger partial charge in [0, 0.05) is 26.4 Å². The minimum Gasteiger partial charge on any atom is -0.463 e. The Morgan fingerprint density at radius 1 is 1.58 bits per heavy atom. The van der Waals surface area contributed by atoms with Crippen LogP contribution in [0.1, 0.15) is 30.7 Å². The number of thioether (sulfide) groups is 1. The molecular weight excluding hydrogens is 264 g/mol. The molecule has 2 rings (SSSR count). The summed E-state index contributed by atoms with van der Waals surface area (Å²) in [6.45, 7) is 4.49. The van der Waals surface area contributed by atoms with Crippen molar-refractivity contribution in [3.05, 3.63) is 23.7 Å². The molecule has 1 aromatic heterocycles. The van der Waals surface area contributed by atoms with Gasteiger partial charge in [-0.25, -0.2) is 0 Å². The molecule has 1 N–H and O–H groups in total. The smallest absolute Gasteiger partial charge is 0.233 e. The summed E-state index contributed by atoms with van der Waals surface area (Å²) < 4.78 is 5.72. The van der Waals surface area contributed by atoms with Gasteiger partial charge < -0.3 is 14.6 Å². The maximum absolute atomic E-state index is 11.9. The Morgan fingerprint density at radius 2 is 2.37 bits per heavy atom. The van der Waals surface area contributed by atoms with Gasteiger partial charge >= 0.3 is 0 Å². The van der Waals surface area contributed by atoms with Gasteiger partial charge in [0.1, 0.15) is 16.9 Å². The monoisotopic (exact) mass is 282 g/mol. The van der Waals surface area contributed by atoms with Crippen molar-refractivity contribution < 1.29 is 14.0 Å². The summed E-state index contributed by atoms with van der Waals surface area (Å²) in [6.07, 6.45) is 0.844. The van der Waals surface area contributed by atoms with Crippen molar-refractivity contribution in [2.24, 2.45) is 0 Å². The average Bonchev–Trinajstić information content (AvgIpc) is 2.96. The SMILES string of the molecule is CCc1ccc(C2SCC(=O)N2CCNC(C)=O)o1. The Morgan fingerprint density at radius 3 is 3.00 bits per heavy atom. The van der Waals surface area contributed by atoms with Gasteiger partial charge in [0.25, 0.3) is 0 Å². The van der Waals surface area contributed by atoms with Gasteiger partial charge in [0.05, 0.1) is 5.75 Å². The number of hydrogen-bond acceptors (Lipinski definition) is 4. The summed E-state index contributed by atoms with van der Waals surface area (Å²) in [7, 11) is 0. The average molecular weight is 282 g/mol. The maximum Gasteiger partial charge on any atom is 0.233 e. The third kappa shape index (κ3) is 3.32. The maximum atomic E-state index is 11.9. The van der Waals surface area contributed by atoms with E-state index in [0.717, 1.165) is 17.9 Å². The number of nitrogens with zero attached hydrogens (tertiary/aromatic N) is 1. The molecule has 0 spiro atoms. The van der Waals surface area contributed by atoms with Gasteiger partial charge in [-0.2, -0.15) is 0 Å². The number of nitrogens with one attached hydrogen (secondary N) is 1. The first-order chi connectivity index (χ1) is 9.11. The molecular formula is C13H18N2O3S. The van der Waals surface area contributed by atoms with Crippen LogP contribution in [0, 0.1) is 0 Å². The molecule has 1 fully saturated rings. The lowest BCUT2D eigenvalue weighted by atomic mass is 10.3. The van der Waals surface area contributed by atoms with E-state index in [9.17, 15) is 9.59 Å². The van der Waals surface area contributed by atoms with Crippen molar-refractivity contribution in [2.45, 2.75) is 25.6 Å². The van der Waals surface area contributed by atoms with E-state index in [4.69, 9.17) is 4.42 Å². The first-order valence-electron chi connectivity index (χ1n) is 6.36. The van der Waals surface area contributed by atoms with Crippen LogP contribution in [0.2, 0.25) is 0 Å². The summed E-state index contributed by atoms with van der Waals surface area (Å²) >= 11 is 1.56. The largest absolute Gasteiger partial charge is 0.463 e. The standard InChI is InChI=1S/C13H18N2O3S/c1-3-10-4-5-11(18-10)13-15(12(17)8-19-13)7-6-14-9(2)16/h4-5,13H,3,6-8H2,1-2H3,(H,14,16). The summed E-state index contributed by atoms with van der Waals surface area (Å²) in [5, 5.41) is 2.64. The van der Waals surface area contributed by atoms with E-state index < -0.39 is 0 Å². The molecule has 1 unspecified atom stereocenters. The zero-order valence-electron chi connectivity index (χ0n) is 11.1. The van der Waals surface area contributed by atoms with Crippen LogP contribution in [0.4, 0.5) is 0 Å². The van der Waals surface area contributed by atoms with E-state index in [1.54, 1.807) is 16.7 Å². The van der Waals surface area contributed by atoms with E-state index >= 15 is 0 Å². The lowest BCUT2D eigenvalue weighted by Gasteiger charge is -2.22. The quantitative estimate of drug-likeness (QED) is 0.890. The molecule has 6 heteroatoms. The number of furan rings is 1. The Labute approximate surface area is 116 Å². The molecule has 1 aromatic rings. The Kier molecular flexibility index (Phi) is 4.52. The molecule has 5 nitrogen and oxygen atoms in total. The Bertz CT molecular complexity index is 472. The van der Waals surface area contributed by atoms with Crippen molar-refractivity contribution in [1.82, 2.24) is 10.2 Å². The van der Waals surface area contributed by atoms with Gasteiger partial charge in [-0.1, -0.05) is 6.92 Å². The van der Waals surface area contributed by atoms with Gasteiger partial charge in [0.15, 0.2) is 0 Å². The number of amides is 2. The zero-order valence-corrected chi connectivity index (χ0v) is 12.0. The number of carbonyl (C=O) groups is 2. The van der Waals surface area contributed by atoms with Gasteiger partial charge in [-0.3, -0.25) is 9.59 Å². The lowest BCUT2D eigenvalue weighted by Crippen LogP contribution is -2.36. The number of carbonyl (C=O) groups excluding carboxylic acids is 2. The second kappa shape index (κ2) is 6.14. The normalized spacial score (nSPS) is 18.9. The molecule has 0 aliphatic carbocycles. The van der Waals surface area contributed by atoms with Crippen molar-refractivity contribution in [2.75, 3.05) is 18.8 Å². The molecule has 0 aromatic carbocycles. The van der Waals surface area contributed by atoms with Crippen molar-refractivity contribution in [3.8, 4) is 0 Å². The van der Waals surface area contributed by atoms with Crippen LogP contribution in [0.25, 0.3) is 0 Å². The Balaban J connectivity index is 2.02. The van der Waals surface area contributed by atoms with E-state index in [2.05, 4.69) is 5.32 Å². The van der Waals surface area contributed by atoms with E-state index in [1.165, 1.54) is 6.92 Å². The molecule has 1 atom stereocenters. The minimum absolute atomic E-state index is 0.0680. The van der Waals surface area contributed by atoms with Gasteiger partial charge in [-0.15, -0.1) is 11.8 Å². The highest BCUT2D eigenvalue weighted by Gasteiger charge is 2.34. The van der Waals surface area contributed by atoms with Crippen LogP contribution in [-0.2, 0) is 16.0 Å². The molecule has 2 heterocycles. The van der Waals surface area contributed by atoms with Crippen LogP contribution in [0.15, 0.2) is 16.5 Å². The summed E-state index contributed by atoms with van der Waals surface area (Å²) in [4.78, 5) is 24.5. The third-order valence-electron chi connectivity index (χ3n) is 2.97. The molecule has 0 bridgehead atoms. The van der Waals surface area contributed by atoms with Crippen molar-refractivity contribution in [3.63, 3.8) is 0 Å². The highest BCUT2D eigenvalue weighted by atomic mass is 32.2. The summed E-state index contributed by atoms with van der Waals surface area (Å²) in [6, 6.07) is 3.88. The molecule has 0 saturated carbocycles. The molecule has 19 heavy (non-hydrogen) atoms. The predicted molar refractivity (Wildman–Crippen MR) is 73.7 cm³/mol. The third-order valence-corrected chi connectivity index (χ3v) is 4.19. The second-order valence-corrected chi connectivity index (χ2v) is 5.46. The summed E-state index contributed by atoms with van der Waals surface area (Å²) in [5.74, 6) is 2.22. The van der Waals surface area contributed by atoms with E-state index in [0.29, 0.717) is 18.8 Å². The highest BCUT2D eigenvalue weighted by molar-refractivity contribution is 8.00. The van der Waals surface area contributed by atoms with Crippen LogP contribution in [0.5, 0.6) is 0 Å². The fourth-order valence-corrected chi connectivity index (χ4v) is 3.16. The van der Waals surface area contributed by atoms with Gasteiger partial charge in [-0.05, 0) is 12.1 Å². The molecule has 1 saturated heterocycles. The van der Waals surface area contributed by atoms with Crippen LogP contribution < -0.4 is 5.32 Å². The van der Waals surface area contributed by atoms with E-state index in [-0.39, 0.29) is 17.2 Å². The van der Waals surface area contributed by atoms with Crippen molar-refractivity contribution >= 4 is 23.6 Å². The lowest BCUT2D eigenvalue weighted by molar-refractivity contribution is -0.128. The first kappa shape index (κ1) is 14.0. The number of rotatable bonds is 5. The first-order valence-corrected chi connectivity index (χ1v) is 7.40. The van der Waals surface area contributed by atoms with Crippen LogP contribution >= 0.6 is 11.8 Å². The molecule has 1 aliphatic rings. The van der Waals surface area contributed by atoms with Crippen LogP contribution in [0.3, 0.4) is 0 Å². The van der Waals surface area contributed by atoms with Crippen molar-refractivity contribution in [1.29, 1.82) is 0 Å². The van der Waals surface area contributed by atoms with Crippen LogP contribution in [-0.4, -0.2) is 35.6 Å². The minimum atomic E-state index is -0.0814.